The number of unbranched alkanes of at least 4 members (excludes halogenated alkanes) is 2. The molecule has 0 aliphatic heterocycles. The highest BCUT2D eigenvalue weighted by atomic mass is 16.3. The summed E-state index contributed by atoms with van der Waals surface area (Å²) in [4.78, 5) is 11.5. The van der Waals surface area contributed by atoms with E-state index in [-0.39, 0.29) is 17.6 Å². The Bertz CT molecular complexity index is 201. The maximum Gasteiger partial charge on any atom is 0.138 e. The highest BCUT2D eigenvalue weighted by Crippen LogP contribution is 2.29. The van der Waals surface area contributed by atoms with Crippen molar-refractivity contribution in [3.05, 3.63) is 0 Å². The van der Waals surface area contributed by atoms with Crippen LogP contribution in [-0.2, 0) is 4.79 Å². The second-order valence-electron chi connectivity index (χ2n) is 4.93. The lowest BCUT2D eigenvalue weighted by molar-refractivity contribution is -0.124. The molecule has 1 N–H and O–H groups in total. The van der Waals surface area contributed by atoms with Gasteiger partial charge in [-0.3, -0.25) is 4.79 Å². The van der Waals surface area contributed by atoms with E-state index < -0.39 is 6.10 Å². The van der Waals surface area contributed by atoms with E-state index in [1.54, 1.807) is 0 Å². The summed E-state index contributed by atoms with van der Waals surface area (Å²) >= 11 is 0. The summed E-state index contributed by atoms with van der Waals surface area (Å²) in [6, 6.07) is 0. The van der Waals surface area contributed by atoms with Gasteiger partial charge in [-0.25, -0.2) is 0 Å². The van der Waals surface area contributed by atoms with Crippen LogP contribution in [0.5, 0.6) is 0 Å². The highest BCUT2D eigenvalue weighted by molar-refractivity contribution is 5.83. The number of Topliss-reactive ketones (excluding diaryl/α,β-unsaturated/α-hetero) is 1. The van der Waals surface area contributed by atoms with Crippen LogP contribution in [0.1, 0.15) is 58.8 Å². The molecule has 1 rings (SSSR count). The lowest BCUT2D eigenvalue weighted by Gasteiger charge is -2.23. The Morgan fingerprint density at radius 3 is 2.73 bits per heavy atom. The van der Waals surface area contributed by atoms with Crippen LogP contribution in [0.15, 0.2) is 0 Å². The van der Waals surface area contributed by atoms with Gasteiger partial charge in [0.2, 0.25) is 0 Å². The number of hydrogen-bond acceptors (Lipinski definition) is 2. The topological polar surface area (TPSA) is 37.3 Å². The van der Waals surface area contributed by atoms with Gasteiger partial charge in [0.25, 0.3) is 0 Å². The molecule has 0 amide bonds. The number of hydrogen-bond donors (Lipinski definition) is 1. The first-order chi connectivity index (χ1) is 7.16. The molecule has 3 atom stereocenters. The Morgan fingerprint density at radius 2 is 2.20 bits per heavy atom. The second kappa shape index (κ2) is 6.26. The van der Waals surface area contributed by atoms with E-state index in [0.717, 1.165) is 19.3 Å². The summed E-state index contributed by atoms with van der Waals surface area (Å²) in [5.74, 6) is 0.509. The van der Waals surface area contributed by atoms with E-state index in [1.807, 2.05) is 0 Å². The molecular weight excluding hydrogens is 188 g/mol. The van der Waals surface area contributed by atoms with Crippen LogP contribution in [0, 0.1) is 11.8 Å². The average Bonchev–Trinajstić information content (AvgIpc) is 2.63. The monoisotopic (exact) mass is 212 g/mol. The molecule has 88 valence electrons. The number of aliphatic hydroxyl groups excluding tert-OH is 1. The molecule has 1 fully saturated rings. The molecule has 15 heavy (non-hydrogen) atoms. The summed E-state index contributed by atoms with van der Waals surface area (Å²) in [7, 11) is 0. The Balaban J connectivity index is 2.31. The fourth-order valence-electron chi connectivity index (χ4n) is 2.49. The first-order valence-electron chi connectivity index (χ1n) is 6.37. The van der Waals surface area contributed by atoms with Gasteiger partial charge in [-0.2, -0.15) is 0 Å². The second-order valence-corrected chi connectivity index (χ2v) is 4.93. The van der Waals surface area contributed by atoms with Gasteiger partial charge < -0.3 is 5.11 Å². The third kappa shape index (κ3) is 3.60. The summed E-state index contributed by atoms with van der Waals surface area (Å²) in [6.07, 6.45) is 6.84. The molecule has 2 nitrogen and oxygen atoms in total. The molecule has 1 saturated carbocycles. The van der Waals surface area contributed by atoms with Gasteiger partial charge in [-0.05, 0) is 25.2 Å². The van der Waals surface area contributed by atoms with Crippen LogP contribution in [0.4, 0.5) is 0 Å². The lowest BCUT2D eigenvalue weighted by atomic mass is 9.87. The van der Waals surface area contributed by atoms with E-state index in [9.17, 15) is 9.90 Å². The molecule has 1 aliphatic rings. The van der Waals surface area contributed by atoms with E-state index >= 15 is 0 Å². The van der Waals surface area contributed by atoms with Crippen LogP contribution in [0.2, 0.25) is 0 Å². The molecule has 0 spiro atoms. The van der Waals surface area contributed by atoms with Gasteiger partial charge >= 0.3 is 0 Å². The number of carbonyl (C=O) groups excluding carboxylic acids is 1. The summed E-state index contributed by atoms with van der Waals surface area (Å²) in [5.41, 5.74) is 0. The highest BCUT2D eigenvalue weighted by Gasteiger charge is 2.33. The SMILES string of the molecule is CCCCCC(C)C(O)C1CCCC1=O. The van der Waals surface area contributed by atoms with Gasteiger partial charge in [0.05, 0.1) is 6.10 Å². The minimum absolute atomic E-state index is 0.0540. The van der Waals surface area contributed by atoms with Crippen molar-refractivity contribution >= 4 is 5.78 Å². The van der Waals surface area contributed by atoms with E-state index in [0.29, 0.717) is 6.42 Å². The van der Waals surface area contributed by atoms with Crippen molar-refractivity contribution in [3.63, 3.8) is 0 Å². The third-order valence-electron chi connectivity index (χ3n) is 3.61. The Hall–Kier alpha value is -0.370. The molecule has 0 aromatic carbocycles. The van der Waals surface area contributed by atoms with Crippen molar-refractivity contribution in [2.45, 2.75) is 64.9 Å². The fraction of sp³-hybridized carbons (Fsp3) is 0.923. The Kier molecular flexibility index (Phi) is 5.30. The summed E-state index contributed by atoms with van der Waals surface area (Å²) < 4.78 is 0. The normalized spacial score (nSPS) is 25.5. The molecule has 0 radical (unpaired) electrons. The van der Waals surface area contributed by atoms with Crippen LogP contribution in [-0.4, -0.2) is 17.0 Å². The molecule has 0 heterocycles. The Labute approximate surface area is 93.1 Å². The number of carbonyl (C=O) groups is 1. The maximum atomic E-state index is 11.5. The van der Waals surface area contributed by atoms with Crippen molar-refractivity contribution in [1.29, 1.82) is 0 Å². The van der Waals surface area contributed by atoms with E-state index in [1.165, 1.54) is 19.3 Å². The van der Waals surface area contributed by atoms with E-state index in [2.05, 4.69) is 13.8 Å². The van der Waals surface area contributed by atoms with Crippen molar-refractivity contribution in [1.82, 2.24) is 0 Å². The maximum absolute atomic E-state index is 11.5. The van der Waals surface area contributed by atoms with Crippen molar-refractivity contribution in [3.8, 4) is 0 Å². The predicted molar refractivity (Wildman–Crippen MR) is 61.7 cm³/mol. The first-order valence-corrected chi connectivity index (χ1v) is 6.37. The zero-order chi connectivity index (χ0) is 11.3. The van der Waals surface area contributed by atoms with Crippen LogP contribution in [0.3, 0.4) is 0 Å². The minimum atomic E-state index is -0.392. The quantitative estimate of drug-likeness (QED) is 0.687. The number of aliphatic hydroxyl groups is 1. The van der Waals surface area contributed by atoms with Gasteiger partial charge in [0, 0.05) is 12.3 Å². The average molecular weight is 212 g/mol. The Morgan fingerprint density at radius 1 is 1.47 bits per heavy atom. The summed E-state index contributed by atoms with van der Waals surface area (Å²) in [6.45, 7) is 4.26. The zero-order valence-corrected chi connectivity index (χ0v) is 10.0. The molecule has 1 aliphatic carbocycles. The molecular formula is C13H24O2. The van der Waals surface area contributed by atoms with E-state index in [4.69, 9.17) is 0 Å². The van der Waals surface area contributed by atoms with Gasteiger partial charge in [-0.15, -0.1) is 0 Å². The van der Waals surface area contributed by atoms with Crippen molar-refractivity contribution < 1.29 is 9.90 Å². The van der Waals surface area contributed by atoms with Gasteiger partial charge in [-0.1, -0.05) is 33.1 Å². The van der Waals surface area contributed by atoms with Crippen molar-refractivity contribution in [2.24, 2.45) is 11.8 Å². The number of rotatable bonds is 6. The lowest BCUT2D eigenvalue weighted by Crippen LogP contribution is -2.30. The molecule has 2 heteroatoms. The van der Waals surface area contributed by atoms with Gasteiger partial charge in [0.15, 0.2) is 0 Å². The van der Waals surface area contributed by atoms with Gasteiger partial charge in [0.1, 0.15) is 5.78 Å². The zero-order valence-electron chi connectivity index (χ0n) is 10.0. The summed E-state index contributed by atoms with van der Waals surface area (Å²) in [5, 5.41) is 10.1. The fourth-order valence-corrected chi connectivity index (χ4v) is 2.49. The van der Waals surface area contributed by atoms with Crippen LogP contribution < -0.4 is 0 Å². The molecule has 0 aromatic heterocycles. The number of ketones is 1. The standard InChI is InChI=1S/C13H24O2/c1-3-4-5-7-10(2)13(15)11-8-6-9-12(11)14/h10-11,13,15H,3-9H2,1-2H3. The molecule has 3 unspecified atom stereocenters. The first kappa shape index (κ1) is 12.7. The molecule has 0 saturated heterocycles. The third-order valence-corrected chi connectivity index (χ3v) is 3.61. The predicted octanol–water partition coefficient (Wildman–Crippen LogP) is 2.93. The van der Waals surface area contributed by atoms with Crippen LogP contribution in [0.25, 0.3) is 0 Å². The van der Waals surface area contributed by atoms with Crippen LogP contribution >= 0.6 is 0 Å². The largest absolute Gasteiger partial charge is 0.392 e. The molecule has 0 aromatic rings. The molecule has 0 bridgehead atoms. The minimum Gasteiger partial charge on any atom is -0.392 e. The van der Waals surface area contributed by atoms with Crippen molar-refractivity contribution in [2.75, 3.05) is 0 Å². The smallest absolute Gasteiger partial charge is 0.138 e.